The summed E-state index contributed by atoms with van der Waals surface area (Å²) in [4.78, 5) is 13.9. The zero-order chi connectivity index (χ0) is 12.4. The maximum atomic E-state index is 13.1. The Bertz CT molecular complexity index is 433. The number of hydrogen-bond donors (Lipinski definition) is 1. The Morgan fingerprint density at radius 1 is 1.59 bits per heavy atom. The van der Waals surface area contributed by atoms with Crippen molar-refractivity contribution in [1.82, 2.24) is 4.90 Å². The van der Waals surface area contributed by atoms with Gasteiger partial charge in [0.1, 0.15) is 11.6 Å². The van der Waals surface area contributed by atoms with Gasteiger partial charge in [0.15, 0.2) is 0 Å². The Balaban J connectivity index is 2.27. The first-order chi connectivity index (χ1) is 8.13. The van der Waals surface area contributed by atoms with Crippen LogP contribution in [0.1, 0.15) is 36.5 Å². The van der Waals surface area contributed by atoms with Crippen molar-refractivity contribution in [2.24, 2.45) is 0 Å². The number of amides is 1. The number of carbonyl (C=O) groups excluding carboxylic acids is 1. The molecule has 0 saturated carbocycles. The minimum atomic E-state index is -0.501. The second kappa shape index (κ2) is 4.73. The lowest BCUT2D eigenvalue weighted by Crippen LogP contribution is -2.35. The van der Waals surface area contributed by atoms with E-state index < -0.39 is 5.82 Å². The third kappa shape index (κ3) is 2.25. The molecule has 1 aliphatic rings. The minimum absolute atomic E-state index is 0.0605. The van der Waals surface area contributed by atoms with Crippen molar-refractivity contribution < 1.29 is 14.3 Å². The van der Waals surface area contributed by atoms with Crippen molar-refractivity contribution in [3.8, 4) is 5.75 Å². The van der Waals surface area contributed by atoms with Gasteiger partial charge in [0.25, 0.3) is 5.91 Å². The molecule has 1 aromatic rings. The smallest absolute Gasteiger partial charge is 0.257 e. The number of likely N-dealkylation sites (tertiary alicyclic amines) is 1. The molecule has 0 aliphatic carbocycles. The van der Waals surface area contributed by atoms with Crippen molar-refractivity contribution >= 4 is 5.91 Å². The number of nitrogens with zero attached hydrogens (tertiary/aromatic N) is 1. The second-order valence-corrected chi connectivity index (χ2v) is 4.36. The average Bonchev–Trinajstić information content (AvgIpc) is 2.79. The highest BCUT2D eigenvalue weighted by molar-refractivity contribution is 5.97. The standard InChI is InChI=1S/C13H16FNO2/c1-2-10-4-3-7-15(10)13(17)11-8-9(14)5-6-12(11)16/h5-6,8,10,16H,2-4,7H2,1H3. The number of aromatic hydroxyl groups is 1. The van der Waals surface area contributed by atoms with Gasteiger partial charge in [-0.1, -0.05) is 6.92 Å². The molecule has 1 unspecified atom stereocenters. The first-order valence-corrected chi connectivity index (χ1v) is 5.93. The molecule has 1 fully saturated rings. The lowest BCUT2D eigenvalue weighted by molar-refractivity contribution is 0.0730. The SMILES string of the molecule is CCC1CCCN1C(=O)c1cc(F)ccc1O. The molecule has 1 aromatic carbocycles. The summed E-state index contributed by atoms with van der Waals surface area (Å²) in [6.07, 6.45) is 2.85. The molecule has 1 atom stereocenters. The Kier molecular flexibility index (Phi) is 3.31. The van der Waals surface area contributed by atoms with E-state index in [0.29, 0.717) is 6.54 Å². The van der Waals surface area contributed by atoms with E-state index in [1.165, 1.54) is 6.07 Å². The van der Waals surface area contributed by atoms with Crippen molar-refractivity contribution in [2.45, 2.75) is 32.2 Å². The molecule has 4 heteroatoms. The Morgan fingerprint density at radius 2 is 2.35 bits per heavy atom. The molecular weight excluding hydrogens is 221 g/mol. The van der Waals surface area contributed by atoms with Crippen LogP contribution in [0.2, 0.25) is 0 Å². The fourth-order valence-electron chi connectivity index (χ4n) is 2.36. The second-order valence-electron chi connectivity index (χ2n) is 4.36. The van der Waals surface area contributed by atoms with Gasteiger partial charge in [-0.15, -0.1) is 0 Å². The van der Waals surface area contributed by atoms with E-state index in [2.05, 4.69) is 0 Å². The van der Waals surface area contributed by atoms with E-state index >= 15 is 0 Å². The van der Waals surface area contributed by atoms with Crippen molar-refractivity contribution in [1.29, 1.82) is 0 Å². The Morgan fingerprint density at radius 3 is 3.06 bits per heavy atom. The van der Waals surface area contributed by atoms with Crippen molar-refractivity contribution in [3.05, 3.63) is 29.6 Å². The molecule has 1 saturated heterocycles. The van der Waals surface area contributed by atoms with Crippen LogP contribution in [0, 0.1) is 5.82 Å². The predicted octanol–water partition coefficient (Wildman–Crippen LogP) is 2.55. The highest BCUT2D eigenvalue weighted by atomic mass is 19.1. The van der Waals surface area contributed by atoms with Gasteiger partial charge >= 0.3 is 0 Å². The summed E-state index contributed by atoms with van der Waals surface area (Å²) in [6, 6.07) is 3.68. The van der Waals surface area contributed by atoms with Gasteiger partial charge < -0.3 is 10.0 Å². The molecule has 2 rings (SSSR count). The number of phenols is 1. The third-order valence-corrected chi connectivity index (χ3v) is 3.30. The van der Waals surface area contributed by atoms with Crippen LogP contribution < -0.4 is 0 Å². The van der Waals surface area contributed by atoms with E-state index in [9.17, 15) is 14.3 Å². The maximum absolute atomic E-state index is 13.1. The van der Waals surface area contributed by atoms with Gasteiger partial charge in [-0.3, -0.25) is 4.79 Å². The minimum Gasteiger partial charge on any atom is -0.507 e. The zero-order valence-corrected chi connectivity index (χ0v) is 9.82. The van der Waals surface area contributed by atoms with Crippen LogP contribution in [0.4, 0.5) is 4.39 Å². The summed E-state index contributed by atoms with van der Waals surface area (Å²) < 4.78 is 13.1. The first-order valence-electron chi connectivity index (χ1n) is 5.93. The number of rotatable bonds is 2. The molecule has 1 amide bonds. The fourth-order valence-corrected chi connectivity index (χ4v) is 2.36. The number of carbonyl (C=O) groups is 1. The predicted molar refractivity (Wildman–Crippen MR) is 62.4 cm³/mol. The van der Waals surface area contributed by atoms with Crippen LogP contribution in [0.3, 0.4) is 0 Å². The quantitative estimate of drug-likeness (QED) is 0.858. The van der Waals surface area contributed by atoms with Gasteiger partial charge in [-0.2, -0.15) is 0 Å². The number of halogens is 1. The molecule has 1 heterocycles. The van der Waals surface area contributed by atoms with Gasteiger partial charge in [0, 0.05) is 12.6 Å². The highest BCUT2D eigenvalue weighted by Crippen LogP contribution is 2.26. The largest absolute Gasteiger partial charge is 0.507 e. The monoisotopic (exact) mass is 237 g/mol. The van der Waals surface area contributed by atoms with Gasteiger partial charge in [-0.05, 0) is 37.5 Å². The van der Waals surface area contributed by atoms with E-state index in [-0.39, 0.29) is 23.3 Å². The van der Waals surface area contributed by atoms with Crippen LogP contribution in [0.5, 0.6) is 5.75 Å². The number of hydrogen-bond acceptors (Lipinski definition) is 2. The first kappa shape index (κ1) is 11.9. The molecular formula is C13H16FNO2. The van der Waals surface area contributed by atoms with Crippen LogP contribution >= 0.6 is 0 Å². The lowest BCUT2D eigenvalue weighted by atomic mass is 10.1. The number of benzene rings is 1. The zero-order valence-electron chi connectivity index (χ0n) is 9.82. The van der Waals surface area contributed by atoms with Crippen LogP contribution in [0.25, 0.3) is 0 Å². The van der Waals surface area contributed by atoms with Crippen molar-refractivity contribution in [3.63, 3.8) is 0 Å². The van der Waals surface area contributed by atoms with E-state index in [1.54, 1.807) is 4.90 Å². The summed E-state index contributed by atoms with van der Waals surface area (Å²) in [5, 5.41) is 9.61. The Hall–Kier alpha value is -1.58. The normalized spacial score (nSPS) is 19.6. The van der Waals surface area contributed by atoms with Crippen LogP contribution in [-0.2, 0) is 0 Å². The Labute approximate surface area is 99.9 Å². The van der Waals surface area contributed by atoms with E-state index in [0.717, 1.165) is 31.4 Å². The van der Waals surface area contributed by atoms with Gasteiger partial charge in [0.05, 0.1) is 5.56 Å². The fraction of sp³-hybridized carbons (Fsp3) is 0.462. The molecule has 1 aliphatic heterocycles. The number of phenolic OH excluding ortho intramolecular Hbond substituents is 1. The van der Waals surface area contributed by atoms with Crippen LogP contribution in [0.15, 0.2) is 18.2 Å². The van der Waals surface area contributed by atoms with E-state index in [1.807, 2.05) is 6.92 Å². The topological polar surface area (TPSA) is 40.5 Å². The molecule has 1 N–H and O–H groups in total. The molecule has 3 nitrogen and oxygen atoms in total. The van der Waals surface area contributed by atoms with Gasteiger partial charge in [-0.25, -0.2) is 4.39 Å². The molecule has 92 valence electrons. The summed E-state index contributed by atoms with van der Waals surface area (Å²) in [6.45, 7) is 2.72. The third-order valence-electron chi connectivity index (χ3n) is 3.30. The molecule has 0 radical (unpaired) electrons. The average molecular weight is 237 g/mol. The van der Waals surface area contributed by atoms with Gasteiger partial charge in [0.2, 0.25) is 0 Å². The molecule has 0 spiro atoms. The molecule has 0 aromatic heterocycles. The van der Waals surface area contributed by atoms with Crippen LogP contribution in [-0.4, -0.2) is 28.5 Å². The van der Waals surface area contributed by atoms with E-state index in [4.69, 9.17) is 0 Å². The summed E-state index contributed by atoms with van der Waals surface area (Å²) in [5.74, 6) is -0.928. The van der Waals surface area contributed by atoms with Crippen molar-refractivity contribution in [2.75, 3.05) is 6.54 Å². The lowest BCUT2D eigenvalue weighted by Gasteiger charge is -2.24. The summed E-state index contributed by atoms with van der Waals surface area (Å²) in [7, 11) is 0. The summed E-state index contributed by atoms with van der Waals surface area (Å²) >= 11 is 0. The summed E-state index contributed by atoms with van der Waals surface area (Å²) in [5.41, 5.74) is 0.0605. The maximum Gasteiger partial charge on any atom is 0.257 e. The molecule has 17 heavy (non-hydrogen) atoms. The molecule has 0 bridgehead atoms. The highest BCUT2D eigenvalue weighted by Gasteiger charge is 2.29.